The molecule has 0 aliphatic heterocycles. The number of ether oxygens (including phenoxy) is 1. The Morgan fingerprint density at radius 2 is 2.11 bits per heavy atom. The van der Waals surface area contributed by atoms with Gasteiger partial charge in [-0.25, -0.2) is 4.98 Å². The van der Waals surface area contributed by atoms with Gasteiger partial charge in [-0.05, 0) is 46.6 Å². The van der Waals surface area contributed by atoms with Crippen LogP contribution in [-0.4, -0.2) is 12.1 Å². The van der Waals surface area contributed by atoms with Crippen LogP contribution in [0, 0.1) is 6.92 Å². The van der Waals surface area contributed by atoms with Gasteiger partial charge in [0.25, 0.3) is 0 Å². The fourth-order valence-electron chi connectivity index (χ4n) is 1.55. The Balaban J connectivity index is 2.33. The van der Waals surface area contributed by atoms with E-state index in [4.69, 9.17) is 10.5 Å². The summed E-state index contributed by atoms with van der Waals surface area (Å²) in [4.78, 5) is 4.27. The topological polar surface area (TPSA) is 60.2 Å². The lowest BCUT2D eigenvalue weighted by atomic mass is 10.2. The maximum absolute atomic E-state index is 5.92. The minimum Gasteiger partial charge on any atom is -0.497 e. The number of aryl methyl sites for hydroxylation is 1. The van der Waals surface area contributed by atoms with E-state index in [2.05, 4.69) is 26.2 Å². The van der Waals surface area contributed by atoms with Crippen molar-refractivity contribution >= 4 is 33.1 Å². The Morgan fingerprint density at radius 3 is 2.78 bits per heavy atom. The van der Waals surface area contributed by atoms with E-state index >= 15 is 0 Å². The summed E-state index contributed by atoms with van der Waals surface area (Å²) in [5.41, 5.74) is 8.42. The smallest absolute Gasteiger partial charge is 0.153 e. The summed E-state index contributed by atoms with van der Waals surface area (Å²) < 4.78 is 6.11. The largest absolute Gasteiger partial charge is 0.497 e. The van der Waals surface area contributed by atoms with E-state index in [0.29, 0.717) is 11.5 Å². The van der Waals surface area contributed by atoms with E-state index in [1.807, 2.05) is 31.2 Å². The number of benzene rings is 1. The monoisotopic (exact) mass is 307 g/mol. The molecule has 1 heterocycles. The van der Waals surface area contributed by atoms with Crippen molar-refractivity contribution in [3.8, 4) is 5.75 Å². The van der Waals surface area contributed by atoms with Gasteiger partial charge in [-0.3, -0.25) is 0 Å². The van der Waals surface area contributed by atoms with E-state index in [1.165, 1.54) is 0 Å². The first kappa shape index (κ1) is 12.7. The van der Waals surface area contributed by atoms with Gasteiger partial charge in [0.1, 0.15) is 5.75 Å². The lowest BCUT2D eigenvalue weighted by molar-refractivity contribution is 0.415. The van der Waals surface area contributed by atoms with Crippen LogP contribution in [0.3, 0.4) is 0 Å². The summed E-state index contributed by atoms with van der Waals surface area (Å²) in [7, 11) is 1.63. The zero-order chi connectivity index (χ0) is 13.1. The van der Waals surface area contributed by atoms with Crippen molar-refractivity contribution in [2.45, 2.75) is 6.92 Å². The highest BCUT2D eigenvalue weighted by Crippen LogP contribution is 2.30. The van der Waals surface area contributed by atoms with E-state index in [-0.39, 0.29) is 0 Å². The average Bonchev–Trinajstić information content (AvgIpc) is 2.35. The van der Waals surface area contributed by atoms with Crippen LogP contribution in [0.4, 0.5) is 17.2 Å². The van der Waals surface area contributed by atoms with Crippen LogP contribution >= 0.6 is 15.9 Å². The molecule has 1 aromatic heterocycles. The Bertz CT molecular complexity index is 572. The number of nitrogens with zero attached hydrogens (tertiary/aromatic N) is 1. The molecule has 0 radical (unpaired) electrons. The van der Waals surface area contributed by atoms with E-state index < -0.39 is 0 Å². The number of methoxy groups -OCH3 is 1. The van der Waals surface area contributed by atoms with Crippen molar-refractivity contribution in [3.63, 3.8) is 0 Å². The number of nitrogen functional groups attached to an aromatic ring is 1. The van der Waals surface area contributed by atoms with Crippen LogP contribution in [-0.2, 0) is 0 Å². The van der Waals surface area contributed by atoms with Crippen molar-refractivity contribution < 1.29 is 4.74 Å². The molecule has 0 aliphatic carbocycles. The molecular weight excluding hydrogens is 294 g/mol. The molecule has 0 amide bonds. The summed E-state index contributed by atoms with van der Waals surface area (Å²) in [6, 6.07) is 7.54. The molecule has 0 spiro atoms. The normalized spacial score (nSPS) is 10.2. The second kappa shape index (κ2) is 5.27. The lowest BCUT2D eigenvalue weighted by Gasteiger charge is -2.11. The van der Waals surface area contributed by atoms with Gasteiger partial charge in [-0.2, -0.15) is 0 Å². The van der Waals surface area contributed by atoms with Gasteiger partial charge >= 0.3 is 0 Å². The minimum atomic E-state index is 0.615. The van der Waals surface area contributed by atoms with E-state index in [0.717, 1.165) is 21.5 Å². The van der Waals surface area contributed by atoms with Gasteiger partial charge in [0.15, 0.2) is 5.82 Å². The quantitative estimate of drug-likeness (QED) is 0.911. The Kier molecular flexibility index (Phi) is 3.72. The molecule has 0 fully saturated rings. The fraction of sp³-hybridized carbons (Fsp3) is 0.154. The molecule has 18 heavy (non-hydrogen) atoms. The van der Waals surface area contributed by atoms with Crippen molar-refractivity contribution in [3.05, 3.63) is 40.5 Å². The summed E-state index contributed by atoms with van der Waals surface area (Å²) in [5, 5.41) is 3.18. The van der Waals surface area contributed by atoms with Gasteiger partial charge in [0, 0.05) is 16.7 Å². The maximum Gasteiger partial charge on any atom is 0.153 e. The first-order chi connectivity index (χ1) is 8.60. The van der Waals surface area contributed by atoms with E-state index in [1.54, 1.807) is 13.3 Å². The predicted octanol–water partition coefficient (Wildman–Crippen LogP) is 3.49. The maximum atomic E-state index is 5.92. The molecule has 0 aliphatic rings. The molecule has 2 aromatic rings. The Morgan fingerprint density at radius 1 is 1.33 bits per heavy atom. The van der Waals surface area contributed by atoms with Crippen LogP contribution < -0.4 is 15.8 Å². The fourth-order valence-corrected chi connectivity index (χ4v) is 1.90. The number of hydrogen-bond acceptors (Lipinski definition) is 4. The third kappa shape index (κ3) is 2.73. The minimum absolute atomic E-state index is 0.615. The summed E-state index contributed by atoms with van der Waals surface area (Å²) in [5.74, 6) is 1.40. The number of nitrogens with two attached hydrogens (primary N) is 1. The number of nitrogens with one attached hydrogen (secondary N) is 1. The van der Waals surface area contributed by atoms with Gasteiger partial charge in [-0.15, -0.1) is 0 Å². The summed E-state index contributed by atoms with van der Waals surface area (Å²) in [6.45, 7) is 1.95. The molecule has 0 unspecified atom stereocenters. The van der Waals surface area contributed by atoms with Crippen LogP contribution in [0.1, 0.15) is 5.56 Å². The second-order valence-corrected chi connectivity index (χ2v) is 4.78. The van der Waals surface area contributed by atoms with Crippen LogP contribution in [0.25, 0.3) is 0 Å². The van der Waals surface area contributed by atoms with Crippen LogP contribution in [0.15, 0.2) is 34.9 Å². The molecule has 3 N–H and O–H groups in total. The second-order valence-electron chi connectivity index (χ2n) is 3.92. The Hall–Kier alpha value is -1.75. The predicted molar refractivity (Wildman–Crippen MR) is 77.4 cm³/mol. The number of hydrogen-bond donors (Lipinski definition) is 2. The third-order valence-electron chi connectivity index (χ3n) is 2.48. The van der Waals surface area contributed by atoms with Crippen molar-refractivity contribution in [1.82, 2.24) is 4.98 Å². The number of aromatic nitrogens is 1. The molecule has 2 rings (SSSR count). The highest BCUT2D eigenvalue weighted by molar-refractivity contribution is 9.10. The number of anilines is 3. The van der Waals surface area contributed by atoms with Crippen LogP contribution in [0.2, 0.25) is 0 Å². The van der Waals surface area contributed by atoms with Crippen molar-refractivity contribution in [2.75, 3.05) is 18.2 Å². The number of pyridine rings is 1. The zero-order valence-electron chi connectivity index (χ0n) is 10.2. The van der Waals surface area contributed by atoms with Crippen molar-refractivity contribution in [2.24, 2.45) is 0 Å². The van der Waals surface area contributed by atoms with Gasteiger partial charge < -0.3 is 15.8 Å². The molecule has 1 aromatic carbocycles. The summed E-state index contributed by atoms with van der Waals surface area (Å²) >= 11 is 3.47. The molecule has 5 heteroatoms. The average molecular weight is 308 g/mol. The molecule has 0 atom stereocenters. The third-order valence-corrected chi connectivity index (χ3v) is 3.17. The molecule has 4 nitrogen and oxygen atoms in total. The lowest BCUT2D eigenvalue weighted by Crippen LogP contribution is -2.00. The first-order valence-electron chi connectivity index (χ1n) is 5.43. The zero-order valence-corrected chi connectivity index (χ0v) is 11.8. The standard InChI is InChI=1S/C13H14BrN3O/c1-8-5-11(15)13(16-7-8)17-12-6-9(18-2)3-4-10(12)14/h3-7H,15H2,1-2H3,(H,16,17). The van der Waals surface area contributed by atoms with Gasteiger partial charge in [-0.1, -0.05) is 0 Å². The molecule has 94 valence electrons. The highest BCUT2D eigenvalue weighted by atomic mass is 79.9. The number of rotatable bonds is 3. The van der Waals surface area contributed by atoms with E-state index in [9.17, 15) is 0 Å². The molecule has 0 saturated heterocycles. The van der Waals surface area contributed by atoms with Crippen LogP contribution in [0.5, 0.6) is 5.75 Å². The molecular formula is C13H14BrN3O. The summed E-state index contributed by atoms with van der Waals surface area (Å²) in [6.07, 6.45) is 1.77. The molecule has 0 bridgehead atoms. The SMILES string of the molecule is COc1ccc(Br)c(Nc2ncc(C)cc2N)c1. The van der Waals surface area contributed by atoms with Gasteiger partial charge in [0.2, 0.25) is 0 Å². The van der Waals surface area contributed by atoms with Gasteiger partial charge in [0.05, 0.1) is 18.5 Å². The molecule has 0 saturated carbocycles. The highest BCUT2D eigenvalue weighted by Gasteiger charge is 2.06. The Labute approximate surface area is 114 Å². The first-order valence-corrected chi connectivity index (χ1v) is 6.22. The van der Waals surface area contributed by atoms with Crippen molar-refractivity contribution in [1.29, 1.82) is 0 Å². The number of halogens is 1.